The number of nitrogen functional groups attached to an aromatic ring is 1. The maximum Gasteiger partial charge on any atom is 0.362 e. The fourth-order valence-corrected chi connectivity index (χ4v) is 4.89. The summed E-state index contributed by atoms with van der Waals surface area (Å²) in [4.78, 5) is 58.5. The van der Waals surface area contributed by atoms with Gasteiger partial charge in [-0.05, 0) is 0 Å². The number of aliphatic carboxylic acids is 1. The second kappa shape index (κ2) is 10.5. The highest BCUT2D eigenvalue weighted by Crippen LogP contribution is 2.40. The van der Waals surface area contributed by atoms with E-state index in [1.165, 1.54) is 11.6 Å². The molecule has 8 N–H and O–H groups in total. The van der Waals surface area contributed by atoms with Crippen molar-refractivity contribution in [3.05, 3.63) is 23.0 Å². The summed E-state index contributed by atoms with van der Waals surface area (Å²) in [6, 6.07) is -2.87. The van der Waals surface area contributed by atoms with E-state index in [1.54, 1.807) is 0 Å². The average molecular weight is 587 g/mol. The van der Waals surface area contributed by atoms with Crippen molar-refractivity contribution >= 4 is 56.2 Å². The molecule has 2 aromatic rings. The number of nitrogens with two attached hydrogens (primary N) is 2. The number of anilines is 1. The summed E-state index contributed by atoms with van der Waals surface area (Å²) < 4.78 is 33.3. The molecule has 1 saturated carbocycles. The summed E-state index contributed by atoms with van der Waals surface area (Å²) in [6.07, 6.45) is 1.58. The molecule has 1 aliphatic carbocycles. The minimum atomic E-state index is -5.03. The summed E-state index contributed by atoms with van der Waals surface area (Å²) in [5, 5.41) is 27.2. The van der Waals surface area contributed by atoms with Gasteiger partial charge < -0.3 is 32.0 Å². The van der Waals surface area contributed by atoms with Gasteiger partial charge in [-0.15, -0.1) is 11.3 Å². The van der Waals surface area contributed by atoms with Crippen LogP contribution in [0.25, 0.3) is 0 Å². The number of rotatable bonds is 12. The Morgan fingerprint density at radius 1 is 1.33 bits per heavy atom. The fraction of sp³-hybridized carbons (Fsp3) is 0.444. The van der Waals surface area contributed by atoms with Gasteiger partial charge >= 0.3 is 16.3 Å². The molecule has 2 fully saturated rings. The van der Waals surface area contributed by atoms with Crippen molar-refractivity contribution in [3.63, 3.8) is 0 Å². The third-order valence-electron chi connectivity index (χ3n) is 5.68. The molecule has 3 amide bonds. The van der Waals surface area contributed by atoms with E-state index in [0.29, 0.717) is 0 Å². The van der Waals surface area contributed by atoms with Gasteiger partial charge in [0.25, 0.3) is 11.8 Å². The number of amides is 3. The molecule has 1 unspecified atom stereocenters. The molecule has 19 nitrogen and oxygen atoms in total. The summed E-state index contributed by atoms with van der Waals surface area (Å²) in [7, 11) is -5.03. The fourth-order valence-electron chi connectivity index (χ4n) is 3.47. The van der Waals surface area contributed by atoms with Gasteiger partial charge in [-0.25, -0.2) is 14.1 Å². The monoisotopic (exact) mass is 586 g/mol. The van der Waals surface area contributed by atoms with Crippen molar-refractivity contribution in [2.24, 2.45) is 10.9 Å². The molecule has 2 atom stereocenters. The first-order valence-electron chi connectivity index (χ1n) is 11.0. The van der Waals surface area contributed by atoms with Crippen LogP contribution in [0, 0.1) is 0 Å². The molecule has 1 saturated heterocycles. The molecule has 1 aliphatic heterocycles. The first kappa shape index (κ1) is 27.8. The zero-order valence-corrected chi connectivity index (χ0v) is 21.4. The lowest BCUT2D eigenvalue weighted by atomic mass is 9.98. The Morgan fingerprint density at radius 3 is 2.62 bits per heavy atom. The highest BCUT2D eigenvalue weighted by molar-refractivity contribution is 7.84. The zero-order chi connectivity index (χ0) is 28.5. The highest BCUT2D eigenvalue weighted by atomic mass is 32.2. The standard InChI is InChI=1S/C18H22N10O9S2/c19-3-11(29)21-4-8-5-22-27(25-8)6-10-13(15(31)28(10)39(34,35)36)24-14(30)12(9-7-38-17(20)23-9)26-37-18(1-2-18)16(32)33/h5,7,10,13H,1-4,6,19H2,(H2,20,23)(H,21,29)(H,24,30)(H,32,33)(H,34,35,36)/b26-12-/t10-,13?/m0/s1. The predicted octanol–water partition coefficient (Wildman–Crippen LogP) is -3.57. The van der Waals surface area contributed by atoms with Crippen molar-refractivity contribution in [1.82, 2.24) is 34.9 Å². The number of nitrogens with one attached hydrogen (secondary N) is 2. The van der Waals surface area contributed by atoms with Gasteiger partial charge in [0.2, 0.25) is 11.5 Å². The summed E-state index contributed by atoms with van der Waals surface area (Å²) in [6.45, 7) is -0.670. The Hall–Kier alpha value is -4.21. The Morgan fingerprint density at radius 2 is 2.05 bits per heavy atom. The van der Waals surface area contributed by atoms with Crippen molar-refractivity contribution in [1.29, 1.82) is 0 Å². The molecule has 0 bridgehead atoms. The van der Waals surface area contributed by atoms with Crippen LogP contribution < -0.4 is 22.1 Å². The lowest BCUT2D eigenvalue weighted by molar-refractivity contribution is -0.153. The minimum absolute atomic E-state index is 0.0315. The SMILES string of the molecule is NCC(=O)NCc1cnn(C[C@H]2C(NC(=O)/C(=N\OC3(C(=O)O)CC3)c3csc(N)n3)C(=O)N2S(=O)(=O)O)n1. The topological polar surface area (TPSA) is 287 Å². The van der Waals surface area contributed by atoms with E-state index in [2.05, 4.69) is 31.0 Å². The normalized spacial score (nSPS) is 20.2. The van der Waals surface area contributed by atoms with E-state index in [-0.39, 0.29) is 46.8 Å². The molecular formula is C18H22N10O9S2. The molecule has 4 rings (SSSR count). The molecule has 21 heteroatoms. The summed E-state index contributed by atoms with van der Waals surface area (Å²) in [5.74, 6) is -3.96. The van der Waals surface area contributed by atoms with Crippen LogP contribution in [-0.2, 0) is 47.4 Å². The zero-order valence-electron chi connectivity index (χ0n) is 19.8. The molecule has 0 radical (unpaired) electrons. The molecule has 39 heavy (non-hydrogen) atoms. The number of aromatic nitrogens is 4. The minimum Gasteiger partial charge on any atom is -0.478 e. The maximum absolute atomic E-state index is 13.1. The van der Waals surface area contributed by atoms with Gasteiger partial charge in [-0.3, -0.25) is 18.9 Å². The number of β-lactam (4-membered cyclic amide) rings is 1. The van der Waals surface area contributed by atoms with Crippen molar-refractivity contribution in [2.45, 2.75) is 43.6 Å². The van der Waals surface area contributed by atoms with Gasteiger partial charge in [0.15, 0.2) is 10.8 Å². The second-order valence-electron chi connectivity index (χ2n) is 8.40. The molecular weight excluding hydrogens is 564 g/mol. The summed E-state index contributed by atoms with van der Waals surface area (Å²) >= 11 is 0.953. The van der Waals surface area contributed by atoms with Crippen LogP contribution in [0.2, 0.25) is 0 Å². The van der Waals surface area contributed by atoms with E-state index >= 15 is 0 Å². The van der Waals surface area contributed by atoms with Gasteiger partial charge in [-0.1, -0.05) is 5.16 Å². The first-order valence-corrected chi connectivity index (χ1v) is 13.3. The van der Waals surface area contributed by atoms with E-state index < -0.39 is 63.9 Å². The van der Waals surface area contributed by atoms with Crippen LogP contribution in [0.5, 0.6) is 0 Å². The molecule has 2 aliphatic rings. The molecule has 0 spiro atoms. The van der Waals surface area contributed by atoms with Crippen LogP contribution in [0.3, 0.4) is 0 Å². The molecule has 210 valence electrons. The van der Waals surface area contributed by atoms with Crippen LogP contribution in [0.4, 0.5) is 5.13 Å². The third-order valence-corrected chi connectivity index (χ3v) is 7.30. The van der Waals surface area contributed by atoms with Crippen LogP contribution in [-0.4, -0.2) is 96.0 Å². The molecule has 3 heterocycles. The van der Waals surface area contributed by atoms with Crippen molar-refractivity contribution in [2.75, 3.05) is 12.3 Å². The van der Waals surface area contributed by atoms with E-state index in [1.807, 2.05) is 0 Å². The Balaban J connectivity index is 1.54. The number of hydrogen-bond acceptors (Lipinski definition) is 14. The van der Waals surface area contributed by atoms with Gasteiger partial charge in [-0.2, -0.15) is 23.4 Å². The number of hydrogen-bond donors (Lipinski definition) is 6. The lowest BCUT2D eigenvalue weighted by Gasteiger charge is -2.43. The third kappa shape index (κ3) is 5.94. The van der Waals surface area contributed by atoms with Gasteiger partial charge in [0, 0.05) is 18.2 Å². The predicted molar refractivity (Wildman–Crippen MR) is 129 cm³/mol. The quantitative estimate of drug-likeness (QED) is 0.0607. The van der Waals surface area contributed by atoms with E-state index in [0.717, 1.165) is 16.1 Å². The van der Waals surface area contributed by atoms with Crippen molar-refractivity contribution < 1.29 is 42.1 Å². The van der Waals surface area contributed by atoms with Gasteiger partial charge in [0.05, 0.1) is 25.8 Å². The van der Waals surface area contributed by atoms with Gasteiger partial charge in [0.1, 0.15) is 23.5 Å². The van der Waals surface area contributed by atoms with Crippen LogP contribution in [0.15, 0.2) is 16.7 Å². The Kier molecular flexibility index (Phi) is 7.50. The second-order valence-corrected chi connectivity index (χ2v) is 10.6. The largest absolute Gasteiger partial charge is 0.478 e. The maximum atomic E-state index is 13.1. The number of carbonyl (C=O) groups excluding carboxylic acids is 3. The molecule has 2 aromatic heterocycles. The highest BCUT2D eigenvalue weighted by Gasteiger charge is 2.56. The van der Waals surface area contributed by atoms with Crippen molar-refractivity contribution in [3.8, 4) is 0 Å². The number of carboxylic acid groups (broad SMARTS) is 1. The first-order chi connectivity index (χ1) is 18.3. The Bertz CT molecular complexity index is 1450. The number of oxime groups is 1. The smallest absolute Gasteiger partial charge is 0.362 e. The number of carboxylic acids is 1. The number of nitrogens with zero attached hydrogens (tertiary/aromatic N) is 6. The van der Waals surface area contributed by atoms with E-state index in [4.69, 9.17) is 16.3 Å². The van der Waals surface area contributed by atoms with E-state index in [9.17, 15) is 37.3 Å². The molecule has 0 aromatic carbocycles. The number of thiazole rings is 1. The lowest BCUT2D eigenvalue weighted by Crippen LogP contribution is -2.73. The Labute approximate surface area is 223 Å². The number of carbonyl (C=O) groups is 4. The summed E-state index contributed by atoms with van der Waals surface area (Å²) in [5.41, 5.74) is 8.93. The van der Waals surface area contributed by atoms with Crippen LogP contribution >= 0.6 is 11.3 Å². The van der Waals surface area contributed by atoms with Crippen LogP contribution in [0.1, 0.15) is 24.2 Å². The average Bonchev–Trinajstić information content (AvgIpc) is 3.33.